The second-order valence-electron chi connectivity index (χ2n) is 11.3. The molecule has 0 N–H and O–H groups in total. The zero-order valence-corrected chi connectivity index (χ0v) is 20.7. The summed E-state index contributed by atoms with van der Waals surface area (Å²) in [5.41, 5.74) is 2.29. The summed E-state index contributed by atoms with van der Waals surface area (Å²) in [6, 6.07) is 7.63. The minimum atomic E-state index is -0.265. The van der Waals surface area contributed by atoms with E-state index in [-0.39, 0.29) is 34.2 Å². The molecule has 34 heavy (non-hydrogen) atoms. The van der Waals surface area contributed by atoms with Crippen LogP contribution in [0.1, 0.15) is 58.8 Å². The van der Waals surface area contributed by atoms with Gasteiger partial charge in [-0.2, -0.15) is 0 Å². The Morgan fingerprint density at radius 1 is 1.15 bits per heavy atom. The van der Waals surface area contributed by atoms with E-state index in [1.807, 2.05) is 30.3 Å². The van der Waals surface area contributed by atoms with Crippen molar-refractivity contribution in [3.05, 3.63) is 35.9 Å². The van der Waals surface area contributed by atoms with Crippen LogP contribution < -0.4 is 0 Å². The molecule has 5 nitrogen and oxygen atoms in total. The third kappa shape index (κ3) is 3.28. The minimum absolute atomic E-state index is 0.00153. The first-order chi connectivity index (χ1) is 16.3. The number of fused-ring (bicyclic) bond motifs is 6. The largest absolute Gasteiger partial charge is 0.431 e. The number of ketones is 3. The van der Waals surface area contributed by atoms with Crippen molar-refractivity contribution in [3.8, 4) is 0 Å². The summed E-state index contributed by atoms with van der Waals surface area (Å²) >= 11 is 1.37. The van der Waals surface area contributed by atoms with Gasteiger partial charge in [0.15, 0.2) is 11.4 Å². The standard InChI is InChI=1S/C28H31NO4S/c1-27-12-11-17(30)13-16(27)7-8-18-19-9-10-20(28(19,2)14-22(31)25(18)27)23(32)15-34-26-29-21-5-3-4-6-24(21)33-26/h3-6,13,18-20,25H,7-12,14-15H2,1-2H3. The highest BCUT2D eigenvalue weighted by atomic mass is 32.2. The van der Waals surface area contributed by atoms with Crippen molar-refractivity contribution in [1.82, 2.24) is 4.98 Å². The number of oxazole rings is 1. The summed E-state index contributed by atoms with van der Waals surface area (Å²) < 4.78 is 5.79. The van der Waals surface area contributed by atoms with Gasteiger partial charge in [0.25, 0.3) is 5.22 Å². The number of allylic oxidation sites excluding steroid dienone is 1. The smallest absolute Gasteiger partial charge is 0.257 e. The van der Waals surface area contributed by atoms with Crippen LogP contribution in [0.4, 0.5) is 0 Å². The van der Waals surface area contributed by atoms with Crippen molar-refractivity contribution in [2.24, 2.45) is 34.5 Å². The molecular formula is C28H31NO4S. The van der Waals surface area contributed by atoms with Gasteiger partial charge in [-0.15, -0.1) is 0 Å². The van der Waals surface area contributed by atoms with Crippen molar-refractivity contribution in [2.75, 3.05) is 5.75 Å². The highest BCUT2D eigenvalue weighted by Gasteiger charge is 2.63. The van der Waals surface area contributed by atoms with E-state index in [0.717, 1.165) is 43.2 Å². The molecule has 6 atom stereocenters. The highest BCUT2D eigenvalue weighted by molar-refractivity contribution is 7.99. The van der Waals surface area contributed by atoms with E-state index >= 15 is 0 Å². The number of aromatic nitrogens is 1. The number of nitrogens with zero attached hydrogens (tertiary/aromatic N) is 1. The summed E-state index contributed by atoms with van der Waals surface area (Å²) in [6.45, 7) is 4.42. The van der Waals surface area contributed by atoms with Crippen LogP contribution in [0.3, 0.4) is 0 Å². The average Bonchev–Trinajstić information content (AvgIpc) is 3.37. The number of thioether (sulfide) groups is 1. The van der Waals surface area contributed by atoms with Crippen LogP contribution in [0.2, 0.25) is 0 Å². The maximum atomic E-state index is 13.7. The molecule has 4 aliphatic rings. The molecule has 3 fully saturated rings. The van der Waals surface area contributed by atoms with Crippen molar-refractivity contribution in [3.63, 3.8) is 0 Å². The van der Waals surface area contributed by atoms with E-state index in [0.29, 0.717) is 41.4 Å². The van der Waals surface area contributed by atoms with Gasteiger partial charge < -0.3 is 4.42 Å². The second kappa shape index (κ2) is 7.91. The Kier molecular flexibility index (Phi) is 5.18. The van der Waals surface area contributed by atoms with Crippen LogP contribution in [-0.2, 0) is 14.4 Å². The summed E-state index contributed by atoms with van der Waals surface area (Å²) in [7, 11) is 0. The van der Waals surface area contributed by atoms with E-state index in [1.165, 1.54) is 17.3 Å². The molecule has 0 bridgehead atoms. The number of Topliss-reactive ketones (excluding diaryl/α,β-unsaturated/α-hetero) is 2. The fourth-order valence-corrected chi connectivity index (χ4v) is 8.84. The Labute approximate surface area is 204 Å². The summed E-state index contributed by atoms with van der Waals surface area (Å²) in [4.78, 5) is 43.7. The van der Waals surface area contributed by atoms with Crippen LogP contribution in [0.25, 0.3) is 11.1 Å². The highest BCUT2D eigenvalue weighted by Crippen LogP contribution is 2.65. The van der Waals surface area contributed by atoms with Crippen LogP contribution in [-0.4, -0.2) is 28.1 Å². The minimum Gasteiger partial charge on any atom is -0.431 e. The lowest BCUT2D eigenvalue weighted by atomic mass is 9.46. The first kappa shape index (κ1) is 22.3. The lowest BCUT2D eigenvalue weighted by Crippen LogP contribution is -2.55. The number of carbonyl (C=O) groups is 3. The van der Waals surface area contributed by atoms with Gasteiger partial charge >= 0.3 is 0 Å². The molecule has 1 aromatic heterocycles. The molecule has 0 saturated heterocycles. The molecule has 0 amide bonds. The van der Waals surface area contributed by atoms with Crippen molar-refractivity contribution >= 4 is 40.2 Å². The molecule has 0 aliphatic heterocycles. The van der Waals surface area contributed by atoms with E-state index < -0.39 is 0 Å². The third-order valence-corrected chi connectivity index (χ3v) is 10.5. The average molecular weight is 478 g/mol. The summed E-state index contributed by atoms with van der Waals surface area (Å²) in [5.74, 6) is 1.71. The van der Waals surface area contributed by atoms with Crippen molar-refractivity contribution in [1.29, 1.82) is 0 Å². The molecule has 0 radical (unpaired) electrons. The number of carbonyl (C=O) groups excluding carboxylic acids is 3. The van der Waals surface area contributed by atoms with Gasteiger partial charge in [-0.3, -0.25) is 14.4 Å². The zero-order valence-electron chi connectivity index (χ0n) is 19.8. The predicted molar refractivity (Wildman–Crippen MR) is 130 cm³/mol. The van der Waals surface area contributed by atoms with Crippen LogP contribution in [0, 0.1) is 34.5 Å². The number of hydrogen-bond donors (Lipinski definition) is 0. The molecule has 1 heterocycles. The Bertz CT molecular complexity index is 1200. The molecule has 6 unspecified atom stereocenters. The predicted octanol–water partition coefficient (Wildman–Crippen LogP) is 5.82. The molecule has 0 spiro atoms. The van der Waals surface area contributed by atoms with E-state index in [4.69, 9.17) is 4.42 Å². The van der Waals surface area contributed by atoms with Gasteiger partial charge in [0.2, 0.25) is 0 Å². The second-order valence-corrected chi connectivity index (χ2v) is 12.2. The fourth-order valence-electron chi connectivity index (χ4n) is 8.06. The zero-order chi connectivity index (χ0) is 23.7. The van der Waals surface area contributed by atoms with Gasteiger partial charge in [-0.25, -0.2) is 4.98 Å². The Balaban J connectivity index is 1.21. The molecule has 3 saturated carbocycles. The number of para-hydroxylation sites is 2. The lowest BCUT2D eigenvalue weighted by Gasteiger charge is -2.56. The van der Waals surface area contributed by atoms with Crippen LogP contribution in [0.5, 0.6) is 0 Å². The Morgan fingerprint density at radius 3 is 2.79 bits per heavy atom. The first-order valence-electron chi connectivity index (χ1n) is 12.6. The monoisotopic (exact) mass is 477 g/mol. The number of benzene rings is 1. The van der Waals surface area contributed by atoms with Gasteiger partial charge in [0.1, 0.15) is 17.1 Å². The van der Waals surface area contributed by atoms with Gasteiger partial charge in [0, 0.05) is 24.7 Å². The van der Waals surface area contributed by atoms with Gasteiger partial charge in [-0.05, 0) is 73.0 Å². The maximum absolute atomic E-state index is 13.7. The number of rotatable bonds is 4. The topological polar surface area (TPSA) is 77.2 Å². The van der Waals surface area contributed by atoms with Crippen LogP contribution in [0.15, 0.2) is 45.6 Å². The molecule has 2 aromatic rings. The molecule has 6 heteroatoms. The first-order valence-corrected chi connectivity index (χ1v) is 13.6. The maximum Gasteiger partial charge on any atom is 0.257 e. The van der Waals surface area contributed by atoms with E-state index in [9.17, 15) is 14.4 Å². The normalized spacial score (nSPS) is 37.2. The van der Waals surface area contributed by atoms with Gasteiger partial charge in [0.05, 0.1) is 5.75 Å². The van der Waals surface area contributed by atoms with Crippen molar-refractivity contribution < 1.29 is 18.8 Å². The molecular weight excluding hydrogens is 446 g/mol. The van der Waals surface area contributed by atoms with Gasteiger partial charge in [-0.1, -0.05) is 43.3 Å². The number of hydrogen-bond acceptors (Lipinski definition) is 6. The quantitative estimate of drug-likeness (QED) is 0.517. The lowest BCUT2D eigenvalue weighted by molar-refractivity contribution is -0.148. The van der Waals surface area contributed by atoms with Crippen LogP contribution >= 0.6 is 11.8 Å². The Morgan fingerprint density at radius 2 is 1.97 bits per heavy atom. The molecule has 1 aromatic carbocycles. The Hall–Kier alpha value is -2.21. The summed E-state index contributed by atoms with van der Waals surface area (Å²) in [6.07, 6.45) is 7.42. The third-order valence-electron chi connectivity index (χ3n) is 9.65. The van der Waals surface area contributed by atoms with Crippen molar-refractivity contribution in [2.45, 2.75) is 64.0 Å². The van der Waals surface area contributed by atoms with E-state index in [2.05, 4.69) is 18.8 Å². The van der Waals surface area contributed by atoms with E-state index in [1.54, 1.807) is 0 Å². The molecule has 4 aliphatic carbocycles. The molecule has 6 rings (SSSR count). The molecule has 178 valence electrons. The summed E-state index contributed by atoms with van der Waals surface area (Å²) in [5, 5.41) is 0.528. The SMILES string of the molecule is CC12CCC(=O)C=C1CCC1C2C(=O)CC2(C)C(C(=O)CSc3nc4ccccc4o3)CCC12. The fraction of sp³-hybridized carbons (Fsp3) is 0.571.